The lowest BCUT2D eigenvalue weighted by Gasteiger charge is -2.22. The predicted octanol–water partition coefficient (Wildman–Crippen LogP) is 4.91. The minimum absolute atomic E-state index is 0.197. The topological polar surface area (TPSA) is 87.9 Å². The van der Waals surface area contributed by atoms with Gasteiger partial charge in [-0.1, -0.05) is 30.3 Å². The highest BCUT2D eigenvalue weighted by atomic mass is 32.1. The first-order valence-electron chi connectivity index (χ1n) is 12.6. The van der Waals surface area contributed by atoms with Crippen molar-refractivity contribution in [3.05, 3.63) is 77.1 Å². The Hall–Kier alpha value is -3.33. The van der Waals surface area contributed by atoms with Crippen molar-refractivity contribution in [1.82, 2.24) is 25.1 Å². The van der Waals surface area contributed by atoms with Crippen LogP contribution >= 0.6 is 11.3 Å². The SMILES string of the molecule is OCCNCCC1CCc2c(sc3ncnc(Nc4ccc5c(cnn5Cc5ccccc5)c4)c23)C1. The molecule has 5 aromatic rings. The van der Waals surface area contributed by atoms with Gasteiger partial charge in [0.25, 0.3) is 0 Å². The first-order chi connectivity index (χ1) is 17.8. The van der Waals surface area contributed by atoms with E-state index in [1.807, 2.05) is 28.3 Å². The Labute approximate surface area is 214 Å². The Bertz CT molecular complexity index is 1480. The quantitative estimate of drug-likeness (QED) is 0.250. The number of aryl methyl sites for hydroxylation is 1. The minimum Gasteiger partial charge on any atom is -0.395 e. The van der Waals surface area contributed by atoms with E-state index in [9.17, 15) is 0 Å². The average Bonchev–Trinajstić information content (AvgIpc) is 3.48. The van der Waals surface area contributed by atoms with Crippen molar-refractivity contribution in [2.75, 3.05) is 25.0 Å². The highest BCUT2D eigenvalue weighted by molar-refractivity contribution is 7.19. The molecule has 1 aliphatic rings. The number of aromatic nitrogens is 4. The summed E-state index contributed by atoms with van der Waals surface area (Å²) in [6.45, 7) is 2.58. The van der Waals surface area contributed by atoms with E-state index < -0.39 is 0 Å². The molecule has 1 unspecified atom stereocenters. The fourth-order valence-corrected chi connectivity index (χ4v) is 6.52. The number of hydrogen-bond donors (Lipinski definition) is 3. The number of nitrogens with zero attached hydrogens (tertiary/aromatic N) is 4. The maximum Gasteiger partial charge on any atom is 0.142 e. The molecule has 7 nitrogen and oxygen atoms in total. The summed E-state index contributed by atoms with van der Waals surface area (Å²) in [5, 5.41) is 22.8. The van der Waals surface area contributed by atoms with Crippen molar-refractivity contribution in [2.24, 2.45) is 5.92 Å². The van der Waals surface area contributed by atoms with Crippen LogP contribution in [0.15, 0.2) is 61.1 Å². The molecule has 184 valence electrons. The number of aliphatic hydroxyl groups is 1. The van der Waals surface area contributed by atoms with Crippen LogP contribution in [0.5, 0.6) is 0 Å². The number of anilines is 2. The van der Waals surface area contributed by atoms with Crippen molar-refractivity contribution in [2.45, 2.75) is 32.2 Å². The Kier molecular flexibility index (Phi) is 6.63. The molecule has 2 aromatic carbocycles. The maximum atomic E-state index is 8.97. The van der Waals surface area contributed by atoms with E-state index in [0.29, 0.717) is 12.5 Å². The molecule has 3 heterocycles. The third kappa shape index (κ3) is 4.72. The van der Waals surface area contributed by atoms with Crippen LogP contribution in [0, 0.1) is 5.92 Å². The summed E-state index contributed by atoms with van der Waals surface area (Å²) in [5.74, 6) is 1.56. The zero-order valence-corrected chi connectivity index (χ0v) is 21.0. The van der Waals surface area contributed by atoms with Crippen molar-refractivity contribution in [1.29, 1.82) is 0 Å². The molecule has 0 saturated heterocycles. The van der Waals surface area contributed by atoms with Crippen LogP contribution in [0.1, 0.15) is 28.8 Å². The number of benzene rings is 2. The molecular formula is C28H30N6OS. The molecule has 0 bridgehead atoms. The van der Waals surface area contributed by atoms with E-state index in [0.717, 1.165) is 59.6 Å². The summed E-state index contributed by atoms with van der Waals surface area (Å²) in [5.41, 5.74) is 4.77. The summed E-state index contributed by atoms with van der Waals surface area (Å²) < 4.78 is 2.04. The van der Waals surface area contributed by atoms with Gasteiger partial charge in [0.1, 0.15) is 17.0 Å². The van der Waals surface area contributed by atoms with Crippen LogP contribution in [0.2, 0.25) is 0 Å². The smallest absolute Gasteiger partial charge is 0.142 e. The number of rotatable bonds is 9. The lowest BCUT2D eigenvalue weighted by molar-refractivity contribution is 0.289. The minimum atomic E-state index is 0.197. The van der Waals surface area contributed by atoms with E-state index in [1.165, 1.54) is 27.8 Å². The Morgan fingerprint density at radius 3 is 2.89 bits per heavy atom. The number of nitrogens with one attached hydrogen (secondary N) is 2. The lowest BCUT2D eigenvalue weighted by Crippen LogP contribution is -2.23. The third-order valence-corrected chi connectivity index (χ3v) is 8.21. The zero-order valence-electron chi connectivity index (χ0n) is 20.2. The summed E-state index contributed by atoms with van der Waals surface area (Å²) >= 11 is 1.81. The Morgan fingerprint density at radius 1 is 1.08 bits per heavy atom. The highest BCUT2D eigenvalue weighted by Gasteiger charge is 2.25. The van der Waals surface area contributed by atoms with Crippen molar-refractivity contribution >= 4 is 44.0 Å². The monoisotopic (exact) mass is 498 g/mol. The predicted molar refractivity (Wildman–Crippen MR) is 146 cm³/mol. The molecule has 0 saturated carbocycles. The third-order valence-electron chi connectivity index (χ3n) is 7.05. The van der Waals surface area contributed by atoms with Gasteiger partial charge in [-0.05, 0) is 67.5 Å². The van der Waals surface area contributed by atoms with Gasteiger partial charge in [-0.15, -0.1) is 11.3 Å². The van der Waals surface area contributed by atoms with Crippen LogP contribution in [0.3, 0.4) is 0 Å². The molecule has 3 N–H and O–H groups in total. The number of aliphatic hydroxyl groups excluding tert-OH is 1. The summed E-state index contributed by atoms with van der Waals surface area (Å²) in [7, 11) is 0. The zero-order chi connectivity index (χ0) is 24.3. The van der Waals surface area contributed by atoms with Gasteiger partial charge in [0.15, 0.2) is 0 Å². The highest BCUT2D eigenvalue weighted by Crippen LogP contribution is 2.41. The van der Waals surface area contributed by atoms with Gasteiger partial charge in [0, 0.05) is 22.5 Å². The molecule has 0 aliphatic heterocycles. The fourth-order valence-electron chi connectivity index (χ4n) is 5.21. The molecule has 6 rings (SSSR count). The second-order valence-corrected chi connectivity index (χ2v) is 10.5. The standard InChI is InChI=1S/C28H30N6OS/c35-13-12-29-11-10-19-6-8-23-25(14-19)36-28-26(23)27(30-18-31-28)33-22-7-9-24-21(15-22)16-32-34(24)17-20-4-2-1-3-5-20/h1-5,7,9,15-16,18-19,29,35H,6,8,10-14,17H2,(H,30,31,33). The summed E-state index contributed by atoms with van der Waals surface area (Å²) in [4.78, 5) is 11.8. The van der Waals surface area contributed by atoms with Gasteiger partial charge in [-0.2, -0.15) is 5.10 Å². The molecular weight excluding hydrogens is 468 g/mol. The van der Waals surface area contributed by atoms with Gasteiger partial charge in [-0.25, -0.2) is 9.97 Å². The van der Waals surface area contributed by atoms with Crippen LogP contribution < -0.4 is 10.6 Å². The van der Waals surface area contributed by atoms with Crippen LogP contribution in [0.25, 0.3) is 21.1 Å². The van der Waals surface area contributed by atoms with Crippen LogP contribution in [-0.4, -0.2) is 44.6 Å². The fraction of sp³-hybridized carbons (Fsp3) is 0.321. The van der Waals surface area contributed by atoms with Gasteiger partial charge in [-0.3, -0.25) is 4.68 Å². The molecule has 8 heteroatoms. The molecule has 0 radical (unpaired) electrons. The number of hydrogen-bond acceptors (Lipinski definition) is 7. The van der Waals surface area contributed by atoms with Crippen molar-refractivity contribution in [3.63, 3.8) is 0 Å². The van der Waals surface area contributed by atoms with E-state index in [1.54, 1.807) is 6.33 Å². The maximum absolute atomic E-state index is 8.97. The first kappa shape index (κ1) is 23.1. The largest absolute Gasteiger partial charge is 0.395 e. The summed E-state index contributed by atoms with van der Waals surface area (Å²) in [6.07, 6.45) is 8.08. The summed E-state index contributed by atoms with van der Waals surface area (Å²) in [6, 6.07) is 16.8. The molecule has 1 atom stereocenters. The number of fused-ring (bicyclic) bond motifs is 4. The lowest BCUT2D eigenvalue weighted by atomic mass is 9.86. The van der Waals surface area contributed by atoms with Gasteiger partial charge >= 0.3 is 0 Å². The normalized spacial score (nSPS) is 15.4. The Balaban J connectivity index is 1.22. The van der Waals surface area contributed by atoms with E-state index in [2.05, 4.69) is 68.2 Å². The average molecular weight is 499 g/mol. The second kappa shape index (κ2) is 10.3. The first-order valence-corrected chi connectivity index (χ1v) is 13.4. The molecule has 3 aromatic heterocycles. The molecule has 0 amide bonds. The molecule has 0 fully saturated rings. The Morgan fingerprint density at radius 2 is 2.00 bits per heavy atom. The number of thiophene rings is 1. The van der Waals surface area contributed by atoms with E-state index >= 15 is 0 Å². The second-order valence-electron chi connectivity index (χ2n) is 9.46. The van der Waals surface area contributed by atoms with Crippen molar-refractivity contribution in [3.8, 4) is 0 Å². The van der Waals surface area contributed by atoms with Gasteiger partial charge in [0.05, 0.1) is 30.3 Å². The molecule has 0 spiro atoms. The van der Waals surface area contributed by atoms with Gasteiger partial charge < -0.3 is 15.7 Å². The van der Waals surface area contributed by atoms with Crippen LogP contribution in [-0.2, 0) is 19.4 Å². The van der Waals surface area contributed by atoms with Crippen LogP contribution in [0.4, 0.5) is 11.5 Å². The van der Waals surface area contributed by atoms with Crippen molar-refractivity contribution < 1.29 is 5.11 Å². The van der Waals surface area contributed by atoms with E-state index in [4.69, 9.17) is 5.11 Å². The van der Waals surface area contributed by atoms with Gasteiger partial charge in [0.2, 0.25) is 0 Å². The molecule has 36 heavy (non-hydrogen) atoms. The molecule has 1 aliphatic carbocycles. The van der Waals surface area contributed by atoms with E-state index in [-0.39, 0.29) is 6.61 Å².